The van der Waals surface area contributed by atoms with Gasteiger partial charge in [0.1, 0.15) is 17.8 Å². The Balaban J connectivity index is 1.72. The number of hydrogen-bond acceptors (Lipinski definition) is 4. The van der Waals surface area contributed by atoms with Gasteiger partial charge in [0.15, 0.2) is 0 Å². The summed E-state index contributed by atoms with van der Waals surface area (Å²) in [5, 5.41) is 8.02. The summed E-state index contributed by atoms with van der Waals surface area (Å²) in [7, 11) is 0. The predicted octanol–water partition coefficient (Wildman–Crippen LogP) is 4.69. The summed E-state index contributed by atoms with van der Waals surface area (Å²) in [6, 6.07) is 6.22. The molecule has 1 N–H and O–H groups in total. The van der Waals surface area contributed by atoms with Gasteiger partial charge in [-0.2, -0.15) is 5.10 Å². The van der Waals surface area contributed by atoms with E-state index in [-0.39, 0.29) is 17.7 Å². The van der Waals surface area contributed by atoms with Crippen LogP contribution in [0.3, 0.4) is 0 Å². The molecule has 0 aliphatic carbocycles. The molecule has 0 spiro atoms. The predicted molar refractivity (Wildman–Crippen MR) is 113 cm³/mol. The first-order chi connectivity index (χ1) is 14.5. The van der Waals surface area contributed by atoms with Gasteiger partial charge in [0.2, 0.25) is 5.91 Å². The number of benzene rings is 1. The number of carbonyl (C=O) groups is 1. The van der Waals surface area contributed by atoms with E-state index in [0.29, 0.717) is 35.1 Å². The van der Waals surface area contributed by atoms with Crippen LogP contribution in [0.4, 0.5) is 4.39 Å². The molecule has 0 unspecified atom stereocenters. The standard InChI is InChI=1S/C22H23ClFN5O/c1-13(2)22(30)29-9-6-14(7-10-29)20-19(18-5-8-25-12-26-18)21(28-27-20)16-11-15(23)3-4-17(16)24/h3-5,8,11-14H,6-7,9-10H2,1-2H3,(H,27,28). The van der Waals surface area contributed by atoms with Crippen molar-refractivity contribution < 1.29 is 9.18 Å². The molecule has 30 heavy (non-hydrogen) atoms. The molecule has 1 aromatic carbocycles. The van der Waals surface area contributed by atoms with Gasteiger partial charge in [-0.3, -0.25) is 9.89 Å². The first kappa shape index (κ1) is 20.5. The van der Waals surface area contributed by atoms with Crippen LogP contribution >= 0.6 is 11.6 Å². The van der Waals surface area contributed by atoms with Crippen LogP contribution in [0.2, 0.25) is 5.02 Å². The Morgan fingerprint density at radius 2 is 2.03 bits per heavy atom. The molecular formula is C22H23ClFN5O. The Morgan fingerprint density at radius 3 is 2.70 bits per heavy atom. The molecule has 0 radical (unpaired) electrons. The summed E-state index contributed by atoms with van der Waals surface area (Å²) >= 11 is 6.12. The second kappa shape index (κ2) is 8.52. The van der Waals surface area contributed by atoms with E-state index < -0.39 is 5.82 Å². The maximum absolute atomic E-state index is 14.6. The number of aromatic nitrogens is 4. The highest BCUT2D eigenvalue weighted by atomic mass is 35.5. The molecule has 3 heterocycles. The van der Waals surface area contributed by atoms with Gasteiger partial charge in [0.25, 0.3) is 0 Å². The zero-order chi connectivity index (χ0) is 21.3. The zero-order valence-corrected chi connectivity index (χ0v) is 17.7. The van der Waals surface area contributed by atoms with Crippen molar-refractivity contribution >= 4 is 17.5 Å². The third-order valence-electron chi connectivity index (χ3n) is 5.52. The highest BCUT2D eigenvalue weighted by Crippen LogP contribution is 2.40. The van der Waals surface area contributed by atoms with E-state index in [1.165, 1.54) is 18.5 Å². The Hall–Kier alpha value is -2.80. The van der Waals surface area contributed by atoms with E-state index in [0.717, 1.165) is 24.1 Å². The summed E-state index contributed by atoms with van der Waals surface area (Å²) in [6.07, 6.45) is 4.72. The third kappa shape index (κ3) is 3.94. The number of aromatic amines is 1. The first-order valence-corrected chi connectivity index (χ1v) is 10.4. The molecule has 8 heteroatoms. The van der Waals surface area contributed by atoms with Crippen molar-refractivity contribution in [1.29, 1.82) is 0 Å². The van der Waals surface area contributed by atoms with Crippen LogP contribution in [0.15, 0.2) is 36.8 Å². The van der Waals surface area contributed by atoms with Gasteiger partial charge in [-0.1, -0.05) is 25.4 Å². The number of piperidine rings is 1. The fourth-order valence-corrected chi connectivity index (χ4v) is 4.15. The van der Waals surface area contributed by atoms with E-state index in [1.54, 1.807) is 18.3 Å². The Labute approximate surface area is 179 Å². The highest BCUT2D eigenvalue weighted by molar-refractivity contribution is 6.30. The number of H-pyrrole nitrogens is 1. The number of nitrogens with zero attached hydrogens (tertiary/aromatic N) is 4. The molecule has 1 aliphatic heterocycles. The minimum Gasteiger partial charge on any atom is -0.342 e. The van der Waals surface area contributed by atoms with E-state index >= 15 is 0 Å². The lowest BCUT2D eigenvalue weighted by Gasteiger charge is -2.33. The Morgan fingerprint density at radius 1 is 1.27 bits per heavy atom. The van der Waals surface area contributed by atoms with E-state index in [1.807, 2.05) is 18.7 Å². The van der Waals surface area contributed by atoms with Crippen molar-refractivity contribution in [1.82, 2.24) is 25.1 Å². The molecular weight excluding hydrogens is 405 g/mol. The normalized spacial score (nSPS) is 15.0. The van der Waals surface area contributed by atoms with Crippen LogP contribution < -0.4 is 0 Å². The number of hydrogen-bond donors (Lipinski definition) is 1. The minimum absolute atomic E-state index is 0.0114. The highest BCUT2D eigenvalue weighted by Gasteiger charge is 2.30. The van der Waals surface area contributed by atoms with Crippen molar-refractivity contribution in [2.24, 2.45) is 5.92 Å². The van der Waals surface area contributed by atoms with Crippen molar-refractivity contribution in [3.63, 3.8) is 0 Å². The van der Waals surface area contributed by atoms with Crippen LogP contribution in [-0.2, 0) is 4.79 Å². The second-order valence-corrected chi connectivity index (χ2v) is 8.27. The van der Waals surface area contributed by atoms with Crippen LogP contribution in [0.5, 0.6) is 0 Å². The average Bonchev–Trinajstić information content (AvgIpc) is 3.20. The molecule has 2 aromatic heterocycles. The van der Waals surface area contributed by atoms with Gasteiger partial charge >= 0.3 is 0 Å². The number of nitrogens with one attached hydrogen (secondary N) is 1. The molecule has 1 saturated heterocycles. The molecule has 1 aliphatic rings. The van der Waals surface area contributed by atoms with Gasteiger partial charge in [-0.25, -0.2) is 14.4 Å². The number of halogens is 2. The molecule has 0 saturated carbocycles. The first-order valence-electron chi connectivity index (χ1n) is 10.0. The molecule has 6 nitrogen and oxygen atoms in total. The monoisotopic (exact) mass is 427 g/mol. The molecule has 1 fully saturated rings. The fraction of sp³-hybridized carbons (Fsp3) is 0.364. The summed E-state index contributed by atoms with van der Waals surface area (Å²) in [5.74, 6) is -0.0711. The quantitative estimate of drug-likeness (QED) is 0.655. The van der Waals surface area contributed by atoms with Crippen molar-refractivity contribution in [2.45, 2.75) is 32.6 Å². The van der Waals surface area contributed by atoms with Gasteiger partial charge < -0.3 is 4.90 Å². The fourth-order valence-electron chi connectivity index (χ4n) is 3.98. The lowest BCUT2D eigenvalue weighted by molar-refractivity contribution is -0.135. The smallest absolute Gasteiger partial charge is 0.225 e. The number of rotatable bonds is 4. The lowest BCUT2D eigenvalue weighted by atomic mass is 9.88. The SMILES string of the molecule is CC(C)C(=O)N1CCC(c2[nH]nc(-c3cc(Cl)ccc3F)c2-c2ccncn2)CC1. The van der Waals surface area contributed by atoms with Crippen molar-refractivity contribution in [2.75, 3.05) is 13.1 Å². The molecule has 0 atom stereocenters. The summed E-state index contributed by atoms with van der Waals surface area (Å²) in [4.78, 5) is 22.6. The summed E-state index contributed by atoms with van der Waals surface area (Å²) in [6.45, 7) is 5.21. The second-order valence-electron chi connectivity index (χ2n) is 7.83. The van der Waals surface area contributed by atoms with Crippen LogP contribution in [0, 0.1) is 11.7 Å². The van der Waals surface area contributed by atoms with Crippen LogP contribution in [-0.4, -0.2) is 44.1 Å². The van der Waals surface area contributed by atoms with Gasteiger partial charge in [-0.15, -0.1) is 0 Å². The molecule has 3 aromatic rings. The third-order valence-corrected chi connectivity index (χ3v) is 5.76. The van der Waals surface area contributed by atoms with Crippen LogP contribution in [0.25, 0.3) is 22.5 Å². The van der Waals surface area contributed by atoms with Gasteiger partial charge in [0.05, 0.1) is 5.69 Å². The molecule has 4 rings (SSSR count). The average molecular weight is 428 g/mol. The maximum atomic E-state index is 14.6. The minimum atomic E-state index is -0.398. The van der Waals surface area contributed by atoms with E-state index in [9.17, 15) is 9.18 Å². The molecule has 1 amide bonds. The topological polar surface area (TPSA) is 74.8 Å². The Bertz CT molecular complexity index is 1040. The lowest BCUT2D eigenvalue weighted by Crippen LogP contribution is -2.40. The van der Waals surface area contributed by atoms with Crippen LogP contribution in [0.1, 0.15) is 38.3 Å². The largest absolute Gasteiger partial charge is 0.342 e. The zero-order valence-electron chi connectivity index (χ0n) is 16.9. The van der Waals surface area contributed by atoms with Crippen molar-refractivity contribution in [3.05, 3.63) is 53.3 Å². The maximum Gasteiger partial charge on any atom is 0.225 e. The molecule has 156 valence electrons. The number of carbonyl (C=O) groups excluding carboxylic acids is 1. The van der Waals surface area contributed by atoms with Crippen molar-refractivity contribution in [3.8, 4) is 22.5 Å². The number of likely N-dealkylation sites (tertiary alicyclic amines) is 1. The van der Waals surface area contributed by atoms with Gasteiger partial charge in [0, 0.05) is 53.0 Å². The summed E-state index contributed by atoms with van der Waals surface area (Å²) in [5.41, 5.74) is 3.13. The summed E-state index contributed by atoms with van der Waals surface area (Å²) < 4.78 is 14.6. The van der Waals surface area contributed by atoms with Gasteiger partial charge in [-0.05, 0) is 37.1 Å². The number of amides is 1. The van der Waals surface area contributed by atoms with E-state index in [2.05, 4.69) is 20.2 Å². The van der Waals surface area contributed by atoms with E-state index in [4.69, 9.17) is 11.6 Å². The molecule has 0 bridgehead atoms. The Kier molecular flexibility index (Phi) is 5.81.